The molecule has 8 nitrogen and oxygen atoms in total. The molecule has 0 radical (unpaired) electrons. The topological polar surface area (TPSA) is 97.9 Å². The summed E-state index contributed by atoms with van der Waals surface area (Å²) in [6.45, 7) is 0. The summed E-state index contributed by atoms with van der Waals surface area (Å²) < 4.78 is 16.3. The standard InChI is InChI=1S/C28H26N2O6S2/c1-34-14-7-5-13(6-8-14)30-26(31)21-15-11-16(22(21)27(30)32)23-20(15)19(24-25(37-23)29-28(33)38-24)12-4-9-17(35-2)18(10-12)36-3/h4-10,15-16,19-23H,11H2,1-3H3,(H,29,33)/t15-,16+,19+,20+,21+,22+,23-/m1/s1. The van der Waals surface area contributed by atoms with Gasteiger partial charge in [-0.1, -0.05) is 17.4 Å². The van der Waals surface area contributed by atoms with Gasteiger partial charge in [0.1, 0.15) is 5.75 Å². The molecular weight excluding hydrogens is 524 g/mol. The van der Waals surface area contributed by atoms with Gasteiger partial charge in [-0.15, -0.1) is 11.8 Å². The molecule has 38 heavy (non-hydrogen) atoms. The van der Waals surface area contributed by atoms with E-state index in [1.54, 1.807) is 57.4 Å². The number of H-pyrrole nitrogens is 1. The third kappa shape index (κ3) is 3.19. The number of nitrogens with zero attached hydrogens (tertiary/aromatic N) is 1. The van der Waals surface area contributed by atoms with Crippen LogP contribution in [0.3, 0.4) is 0 Å². The molecule has 3 aromatic rings. The first-order valence-electron chi connectivity index (χ1n) is 12.6. The van der Waals surface area contributed by atoms with Gasteiger partial charge in [-0.3, -0.25) is 19.3 Å². The Kier molecular flexibility index (Phi) is 5.42. The van der Waals surface area contributed by atoms with Gasteiger partial charge in [0.25, 0.3) is 0 Å². The predicted molar refractivity (Wildman–Crippen MR) is 144 cm³/mol. The largest absolute Gasteiger partial charge is 0.497 e. The van der Waals surface area contributed by atoms with Crippen molar-refractivity contribution in [2.75, 3.05) is 26.2 Å². The molecular formula is C28H26N2O6S2. The Morgan fingerprint density at radius 2 is 1.58 bits per heavy atom. The first-order valence-corrected chi connectivity index (χ1v) is 14.3. The minimum absolute atomic E-state index is 0.0469. The van der Waals surface area contributed by atoms with E-state index in [0.29, 0.717) is 22.9 Å². The van der Waals surface area contributed by atoms with Crippen LogP contribution in [-0.4, -0.2) is 43.4 Å². The van der Waals surface area contributed by atoms with Gasteiger partial charge in [0.05, 0.1) is 43.9 Å². The molecule has 2 amide bonds. The Balaban J connectivity index is 1.31. The van der Waals surface area contributed by atoms with Gasteiger partial charge in [-0.25, -0.2) is 0 Å². The number of aromatic nitrogens is 1. The Morgan fingerprint density at radius 3 is 2.26 bits per heavy atom. The van der Waals surface area contributed by atoms with Gasteiger partial charge in [-0.2, -0.15) is 0 Å². The van der Waals surface area contributed by atoms with Crippen LogP contribution in [0.5, 0.6) is 17.2 Å². The van der Waals surface area contributed by atoms with Crippen LogP contribution in [0.15, 0.2) is 52.3 Å². The summed E-state index contributed by atoms with van der Waals surface area (Å²) in [6.07, 6.45) is 0.842. The van der Waals surface area contributed by atoms with E-state index in [1.807, 2.05) is 18.2 Å². The monoisotopic (exact) mass is 550 g/mol. The molecule has 196 valence electrons. The molecule has 1 aromatic heterocycles. The molecule has 3 heterocycles. The number of anilines is 1. The number of aromatic amines is 1. The van der Waals surface area contributed by atoms with Crippen molar-refractivity contribution in [1.29, 1.82) is 0 Å². The third-order valence-electron chi connectivity index (χ3n) is 8.82. The van der Waals surface area contributed by atoms with E-state index >= 15 is 0 Å². The lowest BCUT2D eigenvalue weighted by Gasteiger charge is -2.43. The highest BCUT2D eigenvalue weighted by atomic mass is 32.2. The number of fused-ring (bicyclic) bond motifs is 9. The van der Waals surface area contributed by atoms with Crippen LogP contribution in [0, 0.1) is 29.6 Å². The highest BCUT2D eigenvalue weighted by Gasteiger charge is 2.69. The van der Waals surface area contributed by atoms with Crippen molar-refractivity contribution < 1.29 is 23.8 Å². The molecule has 2 aliphatic carbocycles. The van der Waals surface area contributed by atoms with Gasteiger partial charge >= 0.3 is 4.87 Å². The summed E-state index contributed by atoms with van der Waals surface area (Å²) in [5.41, 5.74) is 1.62. The number of nitrogens with one attached hydrogen (secondary N) is 1. The number of thiazole rings is 1. The van der Waals surface area contributed by atoms with Crippen LogP contribution < -0.4 is 24.0 Å². The zero-order valence-electron chi connectivity index (χ0n) is 21.0. The fraction of sp³-hybridized carbons (Fsp3) is 0.393. The molecule has 0 unspecified atom stereocenters. The van der Waals surface area contributed by atoms with Crippen molar-refractivity contribution in [1.82, 2.24) is 4.98 Å². The van der Waals surface area contributed by atoms with Gasteiger partial charge in [0, 0.05) is 16.0 Å². The molecule has 7 atom stereocenters. The summed E-state index contributed by atoms with van der Waals surface area (Å²) in [7, 11) is 4.80. The normalized spacial score (nSPS) is 30.7. The number of hydrogen-bond acceptors (Lipinski definition) is 8. The van der Waals surface area contributed by atoms with E-state index in [0.717, 1.165) is 21.9 Å². The second-order valence-electron chi connectivity index (χ2n) is 10.3. The Bertz CT molecular complexity index is 1510. The molecule has 2 aromatic carbocycles. The molecule has 1 saturated heterocycles. The van der Waals surface area contributed by atoms with E-state index < -0.39 is 0 Å². The number of imide groups is 1. The van der Waals surface area contributed by atoms with Crippen molar-refractivity contribution >= 4 is 40.6 Å². The molecule has 2 saturated carbocycles. The SMILES string of the molecule is COc1ccc(N2C(=O)[C@H]3[C@@H]4C[C@@H]([C@@H]3C2=O)[C@H]2[C@H](c3ccc(OC)c(OC)c3)c3sc(=O)[nH]c3S[C@H]42)cc1. The first-order chi connectivity index (χ1) is 18.4. The van der Waals surface area contributed by atoms with E-state index in [1.165, 1.54) is 16.2 Å². The maximum Gasteiger partial charge on any atom is 0.305 e. The predicted octanol–water partition coefficient (Wildman–Crippen LogP) is 4.14. The molecule has 3 fully saturated rings. The molecule has 0 spiro atoms. The number of methoxy groups -OCH3 is 3. The van der Waals surface area contributed by atoms with Crippen molar-refractivity contribution in [2.45, 2.75) is 22.6 Å². The third-order valence-corrected chi connectivity index (χ3v) is 11.4. The van der Waals surface area contributed by atoms with Crippen LogP contribution in [-0.2, 0) is 9.59 Å². The minimum Gasteiger partial charge on any atom is -0.497 e. The smallest absolute Gasteiger partial charge is 0.305 e. The molecule has 2 bridgehead atoms. The summed E-state index contributed by atoms with van der Waals surface area (Å²) in [6, 6.07) is 13.0. The molecule has 10 heteroatoms. The highest BCUT2D eigenvalue weighted by molar-refractivity contribution is 8.00. The minimum atomic E-state index is -0.351. The van der Waals surface area contributed by atoms with Crippen LogP contribution in [0.2, 0.25) is 0 Å². The average molecular weight is 551 g/mol. The zero-order chi connectivity index (χ0) is 26.3. The van der Waals surface area contributed by atoms with Crippen LogP contribution in [0.25, 0.3) is 0 Å². The summed E-state index contributed by atoms with van der Waals surface area (Å²) >= 11 is 2.92. The number of rotatable bonds is 5. The number of carbonyl (C=O) groups excluding carboxylic acids is 2. The molecule has 4 aliphatic rings. The van der Waals surface area contributed by atoms with Gasteiger partial charge in [0.15, 0.2) is 11.5 Å². The quantitative estimate of drug-likeness (QED) is 0.477. The van der Waals surface area contributed by atoms with Crippen molar-refractivity contribution in [3.63, 3.8) is 0 Å². The van der Waals surface area contributed by atoms with Crippen LogP contribution in [0.1, 0.15) is 22.8 Å². The Hall–Kier alpha value is -3.24. The Labute approximate surface area is 227 Å². The first kappa shape index (κ1) is 23.8. The molecule has 7 rings (SSSR count). The number of carbonyl (C=O) groups is 2. The number of hydrogen-bond donors (Lipinski definition) is 1. The fourth-order valence-corrected chi connectivity index (χ4v) is 10.3. The average Bonchev–Trinajstić information content (AvgIpc) is 3.67. The van der Waals surface area contributed by atoms with Crippen LogP contribution >= 0.6 is 23.1 Å². The van der Waals surface area contributed by atoms with E-state index in [4.69, 9.17) is 14.2 Å². The lowest BCUT2D eigenvalue weighted by molar-refractivity contribution is -0.123. The van der Waals surface area contributed by atoms with Crippen molar-refractivity contribution in [3.05, 3.63) is 62.6 Å². The van der Waals surface area contributed by atoms with Crippen molar-refractivity contribution in [2.24, 2.45) is 29.6 Å². The fourth-order valence-electron chi connectivity index (χ4n) is 7.42. The number of amides is 2. The second-order valence-corrected chi connectivity index (χ2v) is 12.5. The molecule has 2 aliphatic heterocycles. The lowest BCUT2D eigenvalue weighted by atomic mass is 9.68. The second kappa shape index (κ2) is 8.64. The van der Waals surface area contributed by atoms with Crippen molar-refractivity contribution in [3.8, 4) is 17.2 Å². The Morgan fingerprint density at radius 1 is 0.868 bits per heavy atom. The summed E-state index contributed by atoms with van der Waals surface area (Å²) in [5.74, 6) is 1.20. The highest BCUT2D eigenvalue weighted by Crippen LogP contribution is 2.68. The number of thioether (sulfide) groups is 1. The molecule has 1 N–H and O–H groups in total. The zero-order valence-corrected chi connectivity index (χ0v) is 22.6. The van der Waals surface area contributed by atoms with Gasteiger partial charge in [0.2, 0.25) is 11.8 Å². The van der Waals surface area contributed by atoms with E-state index in [9.17, 15) is 14.4 Å². The summed E-state index contributed by atoms with van der Waals surface area (Å²) in [4.78, 5) is 45.4. The lowest BCUT2D eigenvalue weighted by Crippen LogP contribution is -2.42. The van der Waals surface area contributed by atoms with Crippen LogP contribution in [0.4, 0.5) is 5.69 Å². The van der Waals surface area contributed by atoms with Gasteiger partial charge < -0.3 is 19.2 Å². The maximum atomic E-state index is 13.9. The van der Waals surface area contributed by atoms with E-state index in [-0.39, 0.29) is 57.4 Å². The number of benzene rings is 2. The maximum absolute atomic E-state index is 13.9. The van der Waals surface area contributed by atoms with Gasteiger partial charge in [-0.05, 0) is 66.1 Å². The van der Waals surface area contributed by atoms with E-state index in [2.05, 4.69) is 4.98 Å². The summed E-state index contributed by atoms with van der Waals surface area (Å²) in [5, 5.41) is 1.01. The number of ether oxygens (including phenoxy) is 3.